The second-order valence-electron chi connectivity index (χ2n) is 3.67. The van der Waals surface area contributed by atoms with Crippen molar-refractivity contribution in [1.29, 1.82) is 0 Å². The van der Waals surface area contributed by atoms with Crippen LogP contribution in [0.1, 0.15) is 10.5 Å². The van der Waals surface area contributed by atoms with Crippen LogP contribution < -0.4 is 0 Å². The summed E-state index contributed by atoms with van der Waals surface area (Å²) in [5.41, 5.74) is -0.406. The predicted octanol–water partition coefficient (Wildman–Crippen LogP) is 2.52. The predicted molar refractivity (Wildman–Crippen MR) is 63.5 cm³/mol. The number of hydrogen-bond donors (Lipinski definition) is 0. The van der Waals surface area contributed by atoms with Crippen molar-refractivity contribution in [2.24, 2.45) is 0 Å². The standard InChI is InChI=1S/C11H5ClF3NO3S/c12-11(17)9-2-1-3-16(9)20(18,19)6-4-7(13)10(15)8(14)5-6/h1-5H. The summed E-state index contributed by atoms with van der Waals surface area (Å²) in [4.78, 5) is 10.2. The van der Waals surface area contributed by atoms with Crippen LogP contribution in [0.3, 0.4) is 0 Å². The van der Waals surface area contributed by atoms with E-state index in [1.165, 1.54) is 6.07 Å². The summed E-state index contributed by atoms with van der Waals surface area (Å²) < 4.78 is 63.7. The Hall–Kier alpha value is -1.80. The Labute approximate surface area is 116 Å². The van der Waals surface area contributed by atoms with Gasteiger partial charge in [0.25, 0.3) is 15.3 Å². The lowest BCUT2D eigenvalue weighted by atomic mass is 10.3. The average molecular weight is 324 g/mol. The maximum atomic E-state index is 13.1. The first-order valence-electron chi connectivity index (χ1n) is 5.02. The Bertz CT molecular complexity index is 778. The second-order valence-corrected chi connectivity index (χ2v) is 5.83. The molecule has 2 aromatic rings. The minimum absolute atomic E-state index is 0.316. The SMILES string of the molecule is O=C(Cl)c1cccn1S(=O)(=O)c1cc(F)c(F)c(F)c1. The third-order valence-corrected chi connectivity index (χ3v) is 4.29. The van der Waals surface area contributed by atoms with Gasteiger partial charge in [-0.15, -0.1) is 0 Å². The Morgan fingerprint density at radius 2 is 1.70 bits per heavy atom. The minimum Gasteiger partial charge on any atom is -0.274 e. The first-order valence-corrected chi connectivity index (χ1v) is 6.84. The summed E-state index contributed by atoms with van der Waals surface area (Å²) in [6.45, 7) is 0. The molecule has 0 radical (unpaired) electrons. The van der Waals surface area contributed by atoms with Crippen molar-refractivity contribution in [3.8, 4) is 0 Å². The number of carbonyl (C=O) groups excluding carboxylic acids is 1. The minimum atomic E-state index is -4.47. The maximum absolute atomic E-state index is 13.1. The highest BCUT2D eigenvalue weighted by Crippen LogP contribution is 2.21. The monoisotopic (exact) mass is 323 g/mol. The van der Waals surface area contributed by atoms with E-state index in [0.717, 1.165) is 12.3 Å². The van der Waals surface area contributed by atoms with Gasteiger partial charge >= 0.3 is 0 Å². The van der Waals surface area contributed by atoms with E-state index >= 15 is 0 Å². The van der Waals surface area contributed by atoms with Crippen molar-refractivity contribution in [2.45, 2.75) is 4.90 Å². The third-order valence-electron chi connectivity index (χ3n) is 2.43. The molecule has 1 aromatic carbocycles. The first kappa shape index (κ1) is 14.6. The lowest BCUT2D eigenvalue weighted by Gasteiger charge is -2.09. The number of nitrogens with zero attached hydrogens (tertiary/aromatic N) is 1. The molecule has 0 fully saturated rings. The molecule has 0 saturated heterocycles. The molecule has 0 aliphatic heterocycles. The summed E-state index contributed by atoms with van der Waals surface area (Å²) in [5, 5.41) is -1.07. The zero-order valence-electron chi connectivity index (χ0n) is 9.48. The largest absolute Gasteiger partial charge is 0.274 e. The smallest absolute Gasteiger partial charge is 0.269 e. The highest BCUT2D eigenvalue weighted by atomic mass is 35.5. The lowest BCUT2D eigenvalue weighted by Crippen LogP contribution is -2.17. The molecule has 4 nitrogen and oxygen atoms in total. The van der Waals surface area contributed by atoms with Crippen LogP contribution in [0.4, 0.5) is 13.2 Å². The van der Waals surface area contributed by atoms with Crippen LogP contribution in [-0.4, -0.2) is 17.6 Å². The summed E-state index contributed by atoms with van der Waals surface area (Å²) >= 11 is 5.20. The van der Waals surface area contributed by atoms with E-state index < -0.39 is 43.3 Å². The van der Waals surface area contributed by atoms with Crippen LogP contribution in [0.5, 0.6) is 0 Å². The van der Waals surface area contributed by atoms with Gasteiger partial charge in [0.2, 0.25) is 0 Å². The molecule has 0 unspecified atom stereocenters. The summed E-state index contributed by atoms with van der Waals surface area (Å²) in [6.07, 6.45) is 0.976. The molecule has 0 atom stereocenters. The number of carbonyl (C=O) groups is 1. The van der Waals surface area contributed by atoms with Gasteiger partial charge in [-0.05, 0) is 35.9 Å². The van der Waals surface area contributed by atoms with Crippen LogP contribution >= 0.6 is 11.6 Å². The van der Waals surface area contributed by atoms with Crippen molar-refractivity contribution < 1.29 is 26.4 Å². The van der Waals surface area contributed by atoms with Gasteiger partial charge in [-0.1, -0.05) is 0 Å². The van der Waals surface area contributed by atoms with Gasteiger partial charge in [-0.25, -0.2) is 25.6 Å². The Kier molecular flexibility index (Phi) is 3.61. The second kappa shape index (κ2) is 4.95. The molecule has 2 rings (SSSR count). The fraction of sp³-hybridized carbons (Fsp3) is 0. The molecular formula is C11H5ClF3NO3S. The van der Waals surface area contributed by atoms with E-state index in [2.05, 4.69) is 0 Å². The molecule has 0 bridgehead atoms. The van der Waals surface area contributed by atoms with Gasteiger partial charge in [0.1, 0.15) is 5.69 Å². The first-order chi connectivity index (χ1) is 9.25. The highest BCUT2D eigenvalue weighted by molar-refractivity contribution is 7.90. The average Bonchev–Trinajstić information content (AvgIpc) is 2.85. The normalized spacial score (nSPS) is 11.6. The fourth-order valence-corrected chi connectivity index (χ4v) is 3.09. The van der Waals surface area contributed by atoms with Gasteiger partial charge in [0, 0.05) is 6.20 Å². The van der Waals surface area contributed by atoms with E-state index in [4.69, 9.17) is 11.6 Å². The Balaban J connectivity index is 2.67. The number of rotatable bonds is 3. The number of hydrogen-bond acceptors (Lipinski definition) is 3. The number of halogens is 4. The van der Waals surface area contributed by atoms with Crippen LogP contribution in [0.25, 0.3) is 0 Å². The van der Waals surface area contributed by atoms with Crippen LogP contribution in [-0.2, 0) is 10.0 Å². The molecule has 0 saturated carbocycles. The van der Waals surface area contributed by atoms with Crippen LogP contribution in [0, 0.1) is 17.5 Å². The molecule has 0 amide bonds. The van der Waals surface area contributed by atoms with Crippen molar-refractivity contribution in [3.05, 3.63) is 53.6 Å². The highest BCUT2D eigenvalue weighted by Gasteiger charge is 2.24. The van der Waals surface area contributed by atoms with E-state index in [9.17, 15) is 26.4 Å². The number of aromatic nitrogens is 1. The summed E-state index contributed by atoms with van der Waals surface area (Å²) in [6, 6.07) is 2.96. The molecular weight excluding hydrogens is 319 g/mol. The maximum Gasteiger partial charge on any atom is 0.269 e. The van der Waals surface area contributed by atoms with E-state index in [-0.39, 0.29) is 0 Å². The number of benzene rings is 1. The molecule has 9 heteroatoms. The summed E-state index contributed by atoms with van der Waals surface area (Å²) in [7, 11) is -4.47. The summed E-state index contributed by atoms with van der Waals surface area (Å²) in [5.74, 6) is -5.10. The van der Waals surface area contributed by atoms with Crippen LogP contribution in [0.2, 0.25) is 0 Å². The van der Waals surface area contributed by atoms with Crippen molar-refractivity contribution >= 4 is 26.9 Å². The van der Waals surface area contributed by atoms with E-state index in [1.54, 1.807) is 0 Å². The molecule has 20 heavy (non-hydrogen) atoms. The van der Waals surface area contributed by atoms with E-state index in [1.807, 2.05) is 0 Å². The molecule has 0 N–H and O–H groups in total. The molecule has 0 spiro atoms. The molecule has 1 aromatic heterocycles. The molecule has 1 heterocycles. The van der Waals surface area contributed by atoms with Gasteiger partial charge in [0.05, 0.1) is 4.90 Å². The molecule has 0 aliphatic rings. The molecule has 106 valence electrons. The van der Waals surface area contributed by atoms with Crippen molar-refractivity contribution in [1.82, 2.24) is 3.97 Å². The Morgan fingerprint density at radius 1 is 1.15 bits per heavy atom. The van der Waals surface area contributed by atoms with Crippen molar-refractivity contribution in [2.75, 3.05) is 0 Å². The van der Waals surface area contributed by atoms with Crippen LogP contribution in [0.15, 0.2) is 35.4 Å². The van der Waals surface area contributed by atoms with Gasteiger partial charge < -0.3 is 0 Å². The third kappa shape index (κ3) is 2.32. The zero-order chi connectivity index (χ0) is 15.1. The van der Waals surface area contributed by atoms with Gasteiger partial charge in [-0.3, -0.25) is 4.79 Å². The zero-order valence-corrected chi connectivity index (χ0v) is 11.1. The van der Waals surface area contributed by atoms with Gasteiger partial charge in [-0.2, -0.15) is 0 Å². The Morgan fingerprint density at radius 3 is 2.20 bits per heavy atom. The quantitative estimate of drug-likeness (QED) is 0.644. The van der Waals surface area contributed by atoms with Gasteiger partial charge in [0.15, 0.2) is 17.5 Å². The topological polar surface area (TPSA) is 56.1 Å². The van der Waals surface area contributed by atoms with E-state index in [0.29, 0.717) is 16.1 Å². The fourth-order valence-electron chi connectivity index (χ4n) is 1.52. The molecule has 0 aliphatic carbocycles. The van der Waals surface area contributed by atoms with Crippen molar-refractivity contribution in [3.63, 3.8) is 0 Å². The lowest BCUT2D eigenvalue weighted by molar-refractivity contribution is 0.107.